The smallest absolute Gasteiger partial charge is 0.167 e. The van der Waals surface area contributed by atoms with Gasteiger partial charge in [-0.25, -0.2) is 0 Å². The fourth-order valence-corrected chi connectivity index (χ4v) is 1.04. The van der Waals surface area contributed by atoms with Gasteiger partial charge in [0.15, 0.2) is 5.79 Å². The van der Waals surface area contributed by atoms with Crippen molar-refractivity contribution in [2.75, 3.05) is 13.2 Å². The zero-order valence-corrected chi connectivity index (χ0v) is 7.89. The van der Waals surface area contributed by atoms with Crippen molar-refractivity contribution >= 4 is 0 Å². The van der Waals surface area contributed by atoms with Crippen LogP contribution >= 0.6 is 0 Å². The second-order valence-corrected chi connectivity index (χ2v) is 3.90. The van der Waals surface area contributed by atoms with Crippen LogP contribution in [0.4, 0.5) is 0 Å². The van der Waals surface area contributed by atoms with Crippen LogP contribution in [0.1, 0.15) is 27.7 Å². The molecule has 0 spiro atoms. The third-order valence-corrected chi connectivity index (χ3v) is 2.36. The van der Waals surface area contributed by atoms with Gasteiger partial charge in [0.1, 0.15) is 0 Å². The first-order valence-corrected chi connectivity index (χ1v) is 4.32. The Kier molecular flexibility index (Phi) is 2.55. The molecule has 0 saturated carbocycles. The summed E-state index contributed by atoms with van der Waals surface area (Å²) >= 11 is 0. The Bertz CT molecular complexity index is 124. The van der Waals surface area contributed by atoms with Gasteiger partial charge in [0.2, 0.25) is 0 Å². The average molecular weight is 158 g/mol. The van der Waals surface area contributed by atoms with E-state index in [0.717, 1.165) is 13.2 Å². The Balaban J connectivity index is 2.48. The van der Waals surface area contributed by atoms with Gasteiger partial charge in [0.25, 0.3) is 0 Å². The highest BCUT2D eigenvalue weighted by Gasteiger charge is 2.34. The number of rotatable bonds is 1. The number of hydrogen-bond donors (Lipinski definition) is 0. The van der Waals surface area contributed by atoms with E-state index >= 15 is 0 Å². The van der Waals surface area contributed by atoms with E-state index in [1.807, 2.05) is 6.92 Å². The van der Waals surface area contributed by atoms with Crippen molar-refractivity contribution in [3.63, 3.8) is 0 Å². The summed E-state index contributed by atoms with van der Waals surface area (Å²) < 4.78 is 11.2. The highest BCUT2D eigenvalue weighted by Crippen LogP contribution is 2.27. The molecule has 1 rings (SSSR count). The Labute approximate surface area is 68.9 Å². The molecule has 0 aromatic heterocycles. The summed E-state index contributed by atoms with van der Waals surface area (Å²) in [6.07, 6.45) is 0. The fraction of sp³-hybridized carbons (Fsp3) is 1.00. The molecule has 0 radical (unpaired) electrons. The molecule has 2 heteroatoms. The fourth-order valence-electron chi connectivity index (χ4n) is 1.04. The first-order valence-electron chi connectivity index (χ1n) is 4.32. The zero-order chi connectivity index (χ0) is 8.48. The number of hydrogen-bond acceptors (Lipinski definition) is 2. The third-order valence-electron chi connectivity index (χ3n) is 2.36. The molecule has 0 aliphatic carbocycles. The van der Waals surface area contributed by atoms with Gasteiger partial charge >= 0.3 is 0 Å². The van der Waals surface area contributed by atoms with Gasteiger partial charge in [-0.05, 0) is 6.92 Å². The standard InChI is InChI=1S/C9H18O2/c1-7(2)9(4)10-5-8(3)6-11-9/h7-8H,5-6H2,1-4H3. The minimum Gasteiger partial charge on any atom is -0.350 e. The molecule has 0 unspecified atom stereocenters. The van der Waals surface area contributed by atoms with Crippen molar-refractivity contribution in [3.05, 3.63) is 0 Å². The van der Waals surface area contributed by atoms with Gasteiger partial charge in [0, 0.05) is 11.8 Å². The van der Waals surface area contributed by atoms with Gasteiger partial charge in [-0.2, -0.15) is 0 Å². The molecule has 1 aliphatic rings. The lowest BCUT2D eigenvalue weighted by atomic mass is 10.0. The monoisotopic (exact) mass is 158 g/mol. The second kappa shape index (κ2) is 3.11. The predicted octanol–water partition coefficient (Wildman–Crippen LogP) is 2.04. The van der Waals surface area contributed by atoms with Gasteiger partial charge < -0.3 is 9.47 Å². The van der Waals surface area contributed by atoms with Crippen molar-refractivity contribution in [3.8, 4) is 0 Å². The van der Waals surface area contributed by atoms with Gasteiger partial charge in [0.05, 0.1) is 13.2 Å². The van der Waals surface area contributed by atoms with Crippen molar-refractivity contribution in [2.45, 2.75) is 33.5 Å². The lowest BCUT2D eigenvalue weighted by molar-refractivity contribution is -0.291. The van der Waals surface area contributed by atoms with E-state index < -0.39 is 0 Å². The summed E-state index contributed by atoms with van der Waals surface area (Å²) in [5.74, 6) is 0.629. The van der Waals surface area contributed by atoms with E-state index in [1.54, 1.807) is 0 Å². The predicted molar refractivity (Wildman–Crippen MR) is 44.3 cm³/mol. The van der Waals surface area contributed by atoms with E-state index in [1.165, 1.54) is 0 Å². The Morgan fingerprint density at radius 3 is 2.09 bits per heavy atom. The SMILES string of the molecule is CC1COC(C)(C(C)C)OC1. The maximum Gasteiger partial charge on any atom is 0.167 e. The lowest BCUT2D eigenvalue weighted by Gasteiger charge is -2.39. The van der Waals surface area contributed by atoms with E-state index in [9.17, 15) is 0 Å². The van der Waals surface area contributed by atoms with Crippen LogP contribution in [-0.4, -0.2) is 19.0 Å². The minimum atomic E-state index is -0.341. The summed E-state index contributed by atoms with van der Waals surface area (Å²) in [6, 6.07) is 0. The van der Waals surface area contributed by atoms with Crippen LogP contribution in [0.15, 0.2) is 0 Å². The quantitative estimate of drug-likeness (QED) is 0.581. The molecule has 0 bridgehead atoms. The number of ether oxygens (including phenoxy) is 2. The van der Waals surface area contributed by atoms with E-state index in [0.29, 0.717) is 11.8 Å². The minimum absolute atomic E-state index is 0.341. The van der Waals surface area contributed by atoms with Crippen LogP contribution in [0.3, 0.4) is 0 Å². The molecule has 0 aromatic carbocycles. The molecule has 11 heavy (non-hydrogen) atoms. The van der Waals surface area contributed by atoms with E-state index in [-0.39, 0.29) is 5.79 Å². The van der Waals surface area contributed by atoms with Crippen LogP contribution in [0.2, 0.25) is 0 Å². The highest BCUT2D eigenvalue weighted by molar-refractivity contribution is 4.72. The molecule has 2 nitrogen and oxygen atoms in total. The first-order chi connectivity index (χ1) is 5.04. The topological polar surface area (TPSA) is 18.5 Å². The Hall–Kier alpha value is -0.0800. The summed E-state index contributed by atoms with van der Waals surface area (Å²) in [7, 11) is 0. The Morgan fingerprint density at radius 1 is 1.27 bits per heavy atom. The van der Waals surface area contributed by atoms with Crippen molar-refractivity contribution in [1.82, 2.24) is 0 Å². The van der Waals surface area contributed by atoms with Crippen molar-refractivity contribution < 1.29 is 9.47 Å². The zero-order valence-electron chi connectivity index (χ0n) is 7.89. The van der Waals surface area contributed by atoms with Crippen LogP contribution < -0.4 is 0 Å². The summed E-state index contributed by atoms with van der Waals surface area (Å²) in [6.45, 7) is 10.1. The molecular formula is C9H18O2. The van der Waals surface area contributed by atoms with E-state index in [2.05, 4.69) is 20.8 Å². The maximum absolute atomic E-state index is 5.62. The molecule has 0 aromatic rings. The summed E-state index contributed by atoms with van der Waals surface area (Å²) in [5.41, 5.74) is 0. The molecule has 1 aliphatic heterocycles. The second-order valence-electron chi connectivity index (χ2n) is 3.90. The molecule has 1 fully saturated rings. The average Bonchev–Trinajstić information content (AvgIpc) is 1.95. The molecule has 1 heterocycles. The molecule has 0 amide bonds. The van der Waals surface area contributed by atoms with Crippen LogP contribution in [0.5, 0.6) is 0 Å². The highest BCUT2D eigenvalue weighted by atomic mass is 16.7. The lowest BCUT2D eigenvalue weighted by Crippen LogP contribution is -2.44. The molecule has 0 atom stereocenters. The van der Waals surface area contributed by atoms with Gasteiger partial charge in [-0.1, -0.05) is 20.8 Å². The van der Waals surface area contributed by atoms with Crippen LogP contribution in [-0.2, 0) is 9.47 Å². The van der Waals surface area contributed by atoms with Crippen LogP contribution in [0.25, 0.3) is 0 Å². The van der Waals surface area contributed by atoms with Crippen LogP contribution in [0, 0.1) is 11.8 Å². The molecule has 66 valence electrons. The van der Waals surface area contributed by atoms with Gasteiger partial charge in [-0.15, -0.1) is 0 Å². The third kappa shape index (κ3) is 1.94. The largest absolute Gasteiger partial charge is 0.350 e. The molecule has 1 saturated heterocycles. The summed E-state index contributed by atoms with van der Waals surface area (Å²) in [4.78, 5) is 0. The summed E-state index contributed by atoms with van der Waals surface area (Å²) in [5, 5.41) is 0. The van der Waals surface area contributed by atoms with E-state index in [4.69, 9.17) is 9.47 Å². The first kappa shape index (κ1) is 9.01. The molecular weight excluding hydrogens is 140 g/mol. The van der Waals surface area contributed by atoms with Crippen molar-refractivity contribution in [1.29, 1.82) is 0 Å². The normalized spacial score (nSPS) is 39.5. The maximum atomic E-state index is 5.62. The van der Waals surface area contributed by atoms with Gasteiger partial charge in [-0.3, -0.25) is 0 Å². The Morgan fingerprint density at radius 2 is 1.73 bits per heavy atom. The van der Waals surface area contributed by atoms with Crippen molar-refractivity contribution in [2.24, 2.45) is 11.8 Å². The molecule has 0 N–H and O–H groups in total.